The van der Waals surface area contributed by atoms with E-state index in [0.717, 1.165) is 25.7 Å². The fraction of sp³-hybridized carbons (Fsp3) is 0.900. The van der Waals surface area contributed by atoms with Crippen molar-refractivity contribution in [2.24, 2.45) is 5.92 Å². The van der Waals surface area contributed by atoms with E-state index in [2.05, 4.69) is 12.2 Å². The number of amides is 1. The van der Waals surface area contributed by atoms with Crippen LogP contribution in [0.4, 0.5) is 4.79 Å². The third-order valence-electron chi connectivity index (χ3n) is 2.90. The number of hydrogen-bond acceptors (Lipinski definition) is 3. The first-order chi connectivity index (χ1) is 6.67. The number of nitrogens with one attached hydrogen (secondary N) is 1. The molecule has 1 amide bonds. The van der Waals surface area contributed by atoms with Crippen LogP contribution in [0.25, 0.3) is 0 Å². The summed E-state index contributed by atoms with van der Waals surface area (Å²) in [4.78, 5) is 10.9. The molecule has 0 saturated heterocycles. The summed E-state index contributed by atoms with van der Waals surface area (Å²) in [5.41, 5.74) is 0. The average Bonchev–Trinajstić information content (AvgIpc) is 2.20. The number of alkyl carbamates (subject to hydrolysis) is 1. The average molecular weight is 201 g/mol. The molecule has 0 spiro atoms. The van der Waals surface area contributed by atoms with Crippen LogP contribution in [-0.2, 0) is 4.74 Å². The van der Waals surface area contributed by atoms with Crippen molar-refractivity contribution in [1.82, 2.24) is 5.32 Å². The molecular formula is C10H19NO3. The van der Waals surface area contributed by atoms with Gasteiger partial charge in [0.05, 0.1) is 6.10 Å². The molecule has 0 aromatic heterocycles. The topological polar surface area (TPSA) is 58.6 Å². The second-order valence-corrected chi connectivity index (χ2v) is 3.85. The number of aliphatic hydroxyl groups excluding tert-OH is 1. The van der Waals surface area contributed by atoms with E-state index in [-0.39, 0.29) is 6.10 Å². The molecule has 0 aliphatic heterocycles. The first-order valence-electron chi connectivity index (χ1n) is 5.23. The van der Waals surface area contributed by atoms with E-state index in [4.69, 9.17) is 4.74 Å². The molecule has 0 radical (unpaired) electrons. The van der Waals surface area contributed by atoms with Gasteiger partial charge >= 0.3 is 6.09 Å². The SMILES string of the molecule is CCC1CCC(OC(=O)NC)C(O)C1. The van der Waals surface area contributed by atoms with Crippen molar-refractivity contribution in [2.75, 3.05) is 7.05 Å². The standard InChI is InChI=1S/C10H19NO3/c1-3-7-4-5-9(8(12)6-7)14-10(13)11-2/h7-9,12H,3-6H2,1-2H3,(H,11,13). The van der Waals surface area contributed by atoms with E-state index in [0.29, 0.717) is 5.92 Å². The smallest absolute Gasteiger partial charge is 0.407 e. The van der Waals surface area contributed by atoms with Crippen LogP contribution in [0.1, 0.15) is 32.6 Å². The number of hydrogen-bond donors (Lipinski definition) is 2. The molecule has 3 atom stereocenters. The Morgan fingerprint density at radius 3 is 2.79 bits per heavy atom. The Morgan fingerprint density at radius 2 is 2.29 bits per heavy atom. The number of aliphatic hydroxyl groups is 1. The van der Waals surface area contributed by atoms with Crippen LogP contribution in [0.2, 0.25) is 0 Å². The molecule has 1 rings (SSSR count). The molecule has 3 unspecified atom stereocenters. The molecule has 14 heavy (non-hydrogen) atoms. The van der Waals surface area contributed by atoms with E-state index in [9.17, 15) is 9.90 Å². The summed E-state index contributed by atoms with van der Waals surface area (Å²) in [7, 11) is 1.52. The molecule has 4 heteroatoms. The van der Waals surface area contributed by atoms with E-state index >= 15 is 0 Å². The minimum Gasteiger partial charge on any atom is -0.443 e. The predicted octanol–water partition coefficient (Wildman–Crippen LogP) is 1.28. The van der Waals surface area contributed by atoms with Gasteiger partial charge in [0.1, 0.15) is 6.10 Å². The van der Waals surface area contributed by atoms with Gasteiger partial charge in [-0.05, 0) is 25.2 Å². The van der Waals surface area contributed by atoms with Crippen LogP contribution in [0.3, 0.4) is 0 Å². The molecule has 4 nitrogen and oxygen atoms in total. The van der Waals surface area contributed by atoms with Crippen LogP contribution in [0.5, 0.6) is 0 Å². The Balaban J connectivity index is 2.38. The van der Waals surface area contributed by atoms with Crippen molar-refractivity contribution >= 4 is 6.09 Å². The van der Waals surface area contributed by atoms with Gasteiger partial charge in [0.2, 0.25) is 0 Å². The summed E-state index contributed by atoms with van der Waals surface area (Å²) >= 11 is 0. The van der Waals surface area contributed by atoms with Crippen LogP contribution < -0.4 is 5.32 Å². The highest BCUT2D eigenvalue weighted by molar-refractivity contribution is 5.66. The fourth-order valence-electron chi connectivity index (χ4n) is 1.91. The lowest BCUT2D eigenvalue weighted by molar-refractivity contribution is -0.0351. The Kier molecular flexibility index (Phi) is 4.20. The number of carbonyl (C=O) groups is 1. The molecule has 0 aromatic rings. The zero-order valence-corrected chi connectivity index (χ0v) is 8.82. The van der Waals surface area contributed by atoms with E-state index in [1.807, 2.05) is 0 Å². The minimum absolute atomic E-state index is 0.322. The first-order valence-corrected chi connectivity index (χ1v) is 5.23. The third-order valence-corrected chi connectivity index (χ3v) is 2.90. The maximum absolute atomic E-state index is 10.9. The number of ether oxygens (including phenoxy) is 1. The van der Waals surface area contributed by atoms with Gasteiger partial charge < -0.3 is 15.2 Å². The van der Waals surface area contributed by atoms with Crippen LogP contribution in [-0.4, -0.2) is 30.5 Å². The quantitative estimate of drug-likeness (QED) is 0.707. The Labute approximate surface area is 84.6 Å². The van der Waals surface area contributed by atoms with Crippen LogP contribution >= 0.6 is 0 Å². The van der Waals surface area contributed by atoms with Gasteiger partial charge in [-0.3, -0.25) is 0 Å². The molecule has 1 aliphatic carbocycles. The van der Waals surface area contributed by atoms with Gasteiger partial charge in [-0.1, -0.05) is 13.3 Å². The van der Waals surface area contributed by atoms with E-state index in [1.165, 1.54) is 7.05 Å². The third kappa shape index (κ3) is 2.87. The molecule has 1 fully saturated rings. The van der Waals surface area contributed by atoms with Gasteiger partial charge in [-0.25, -0.2) is 4.79 Å². The van der Waals surface area contributed by atoms with Crippen molar-refractivity contribution in [3.05, 3.63) is 0 Å². The predicted molar refractivity (Wildman–Crippen MR) is 53.0 cm³/mol. The van der Waals surface area contributed by atoms with Gasteiger partial charge in [0.25, 0.3) is 0 Å². The van der Waals surface area contributed by atoms with Crippen molar-refractivity contribution in [3.8, 4) is 0 Å². The highest BCUT2D eigenvalue weighted by Gasteiger charge is 2.30. The summed E-state index contributed by atoms with van der Waals surface area (Å²) in [5.74, 6) is 0.578. The molecule has 1 saturated carbocycles. The molecule has 0 bridgehead atoms. The fourth-order valence-corrected chi connectivity index (χ4v) is 1.91. The Bertz CT molecular complexity index is 196. The summed E-state index contributed by atoms with van der Waals surface area (Å²) in [5, 5.41) is 12.1. The van der Waals surface area contributed by atoms with Gasteiger partial charge in [-0.2, -0.15) is 0 Å². The molecule has 82 valence electrons. The molecule has 0 heterocycles. The molecule has 0 aromatic carbocycles. The van der Waals surface area contributed by atoms with Crippen molar-refractivity contribution in [2.45, 2.75) is 44.8 Å². The van der Waals surface area contributed by atoms with Gasteiger partial charge in [-0.15, -0.1) is 0 Å². The lowest BCUT2D eigenvalue weighted by Gasteiger charge is -2.31. The maximum atomic E-state index is 10.9. The Morgan fingerprint density at radius 1 is 1.57 bits per heavy atom. The normalized spacial score (nSPS) is 32.4. The van der Waals surface area contributed by atoms with Gasteiger partial charge in [0, 0.05) is 7.05 Å². The summed E-state index contributed by atoms with van der Waals surface area (Å²) in [6.07, 6.45) is 2.37. The zero-order chi connectivity index (χ0) is 10.6. The van der Waals surface area contributed by atoms with Crippen LogP contribution in [0.15, 0.2) is 0 Å². The molecule has 2 N–H and O–H groups in total. The molecular weight excluding hydrogens is 182 g/mol. The number of rotatable bonds is 2. The van der Waals surface area contributed by atoms with Gasteiger partial charge in [0.15, 0.2) is 0 Å². The highest BCUT2D eigenvalue weighted by atomic mass is 16.6. The highest BCUT2D eigenvalue weighted by Crippen LogP contribution is 2.28. The van der Waals surface area contributed by atoms with Crippen molar-refractivity contribution in [1.29, 1.82) is 0 Å². The summed E-state index contributed by atoms with van der Waals surface area (Å²) in [6.45, 7) is 2.12. The second kappa shape index (κ2) is 5.20. The molecule has 1 aliphatic rings. The van der Waals surface area contributed by atoms with Crippen molar-refractivity contribution in [3.63, 3.8) is 0 Å². The minimum atomic E-state index is -0.494. The van der Waals surface area contributed by atoms with E-state index in [1.54, 1.807) is 0 Å². The largest absolute Gasteiger partial charge is 0.443 e. The van der Waals surface area contributed by atoms with E-state index < -0.39 is 12.2 Å². The monoisotopic (exact) mass is 201 g/mol. The van der Waals surface area contributed by atoms with Crippen LogP contribution in [0, 0.1) is 5.92 Å². The lowest BCUT2D eigenvalue weighted by atomic mass is 9.84. The lowest BCUT2D eigenvalue weighted by Crippen LogP contribution is -2.39. The first kappa shape index (κ1) is 11.3. The second-order valence-electron chi connectivity index (χ2n) is 3.85. The maximum Gasteiger partial charge on any atom is 0.407 e. The zero-order valence-electron chi connectivity index (χ0n) is 8.82. The van der Waals surface area contributed by atoms with Crippen molar-refractivity contribution < 1.29 is 14.6 Å². The Hall–Kier alpha value is -0.770. The summed E-state index contributed by atoms with van der Waals surface area (Å²) in [6, 6.07) is 0. The summed E-state index contributed by atoms with van der Waals surface area (Å²) < 4.78 is 5.05. The number of carbonyl (C=O) groups excluding carboxylic acids is 1.